The van der Waals surface area contributed by atoms with Crippen molar-refractivity contribution in [2.75, 3.05) is 5.32 Å². The third-order valence-corrected chi connectivity index (χ3v) is 5.67. The maximum Gasteiger partial charge on any atom is 0.222 e. The van der Waals surface area contributed by atoms with Gasteiger partial charge in [0.05, 0.1) is 12.1 Å². The fourth-order valence-electron chi connectivity index (χ4n) is 3.84. The van der Waals surface area contributed by atoms with Crippen molar-refractivity contribution in [3.8, 4) is 5.75 Å². The minimum absolute atomic E-state index is 0.0904. The number of rotatable bonds is 5. The summed E-state index contributed by atoms with van der Waals surface area (Å²) in [7, 11) is 0. The van der Waals surface area contributed by atoms with Gasteiger partial charge in [-0.15, -0.1) is 0 Å². The predicted octanol–water partition coefficient (Wildman–Crippen LogP) is 5.66. The lowest BCUT2D eigenvalue weighted by Crippen LogP contribution is -2.28. The van der Waals surface area contributed by atoms with Gasteiger partial charge in [-0.1, -0.05) is 66.2 Å². The summed E-state index contributed by atoms with van der Waals surface area (Å²) in [6, 6.07) is 26.6. The Bertz CT molecular complexity index is 1110. The highest BCUT2D eigenvalue weighted by Gasteiger charge is 2.29. The molecule has 1 aromatic heterocycles. The van der Waals surface area contributed by atoms with Gasteiger partial charge in [-0.2, -0.15) is 10.1 Å². The number of hydrogen-bond donors (Lipinski definition) is 1. The predicted molar refractivity (Wildman–Crippen MR) is 118 cm³/mol. The number of hydrogen-bond acceptors (Lipinski definition) is 4. The van der Waals surface area contributed by atoms with Gasteiger partial charge >= 0.3 is 0 Å². The van der Waals surface area contributed by atoms with Gasteiger partial charge in [-0.25, -0.2) is 4.68 Å². The Hall–Kier alpha value is -3.31. The summed E-state index contributed by atoms with van der Waals surface area (Å²) in [6.07, 6.45) is 2.46. The summed E-state index contributed by atoms with van der Waals surface area (Å²) in [4.78, 5) is 4.40. The minimum Gasteiger partial charge on any atom is -0.489 e. The van der Waals surface area contributed by atoms with Gasteiger partial charge in [-0.05, 0) is 47.4 Å². The van der Waals surface area contributed by atoms with Crippen LogP contribution in [0.2, 0.25) is 5.02 Å². The Morgan fingerprint density at radius 2 is 1.67 bits per heavy atom. The van der Waals surface area contributed by atoms with Crippen LogP contribution in [0.4, 0.5) is 5.95 Å². The van der Waals surface area contributed by atoms with E-state index in [1.807, 2.05) is 47.1 Å². The van der Waals surface area contributed by atoms with Crippen molar-refractivity contribution in [2.24, 2.45) is 0 Å². The first-order chi connectivity index (χ1) is 14.8. The van der Waals surface area contributed by atoms with Gasteiger partial charge in [0.1, 0.15) is 18.7 Å². The highest BCUT2D eigenvalue weighted by Crippen LogP contribution is 2.37. The molecule has 3 aromatic carbocycles. The summed E-state index contributed by atoms with van der Waals surface area (Å²) >= 11 is 6.06. The van der Waals surface area contributed by atoms with E-state index < -0.39 is 0 Å². The third-order valence-electron chi connectivity index (χ3n) is 5.42. The van der Waals surface area contributed by atoms with Crippen molar-refractivity contribution in [3.63, 3.8) is 0 Å². The van der Waals surface area contributed by atoms with Crippen LogP contribution >= 0.6 is 11.6 Å². The fraction of sp³-hybridized carbons (Fsp3) is 0.167. The molecule has 2 heterocycles. The lowest BCUT2D eigenvalue weighted by molar-refractivity contribution is 0.306. The van der Waals surface area contributed by atoms with E-state index in [1.165, 1.54) is 11.1 Å². The van der Waals surface area contributed by atoms with Crippen molar-refractivity contribution < 1.29 is 4.74 Å². The van der Waals surface area contributed by atoms with E-state index in [2.05, 4.69) is 51.8 Å². The van der Waals surface area contributed by atoms with E-state index >= 15 is 0 Å². The molecule has 5 rings (SSSR count). The van der Waals surface area contributed by atoms with E-state index in [0.29, 0.717) is 6.61 Å². The van der Waals surface area contributed by atoms with Gasteiger partial charge < -0.3 is 10.1 Å². The fourth-order valence-corrected chi connectivity index (χ4v) is 3.96. The van der Waals surface area contributed by atoms with Gasteiger partial charge in [0.2, 0.25) is 5.95 Å². The van der Waals surface area contributed by atoms with Crippen LogP contribution in [-0.4, -0.2) is 14.8 Å². The van der Waals surface area contributed by atoms with Crippen LogP contribution in [0.1, 0.15) is 35.2 Å². The van der Waals surface area contributed by atoms with E-state index in [1.54, 1.807) is 6.33 Å². The number of nitrogens with one attached hydrogen (secondary N) is 1. The number of aromatic nitrogens is 3. The molecule has 0 amide bonds. The Balaban J connectivity index is 1.35. The number of nitrogens with zero attached hydrogens (tertiary/aromatic N) is 3. The zero-order valence-electron chi connectivity index (χ0n) is 16.3. The third kappa shape index (κ3) is 3.89. The number of benzene rings is 3. The Labute approximate surface area is 180 Å². The summed E-state index contributed by atoms with van der Waals surface area (Å²) < 4.78 is 7.88. The van der Waals surface area contributed by atoms with Crippen LogP contribution in [0.25, 0.3) is 0 Å². The lowest BCUT2D eigenvalue weighted by atomic mass is 9.93. The van der Waals surface area contributed by atoms with Crippen molar-refractivity contribution >= 4 is 17.5 Å². The summed E-state index contributed by atoms with van der Waals surface area (Å²) in [5.74, 6) is 1.63. The van der Waals surface area contributed by atoms with Crippen LogP contribution in [-0.2, 0) is 6.61 Å². The van der Waals surface area contributed by atoms with Crippen LogP contribution in [0.15, 0.2) is 85.2 Å². The first-order valence-electron chi connectivity index (χ1n) is 9.94. The minimum atomic E-state index is 0.0904. The second-order valence-corrected chi connectivity index (χ2v) is 7.81. The van der Waals surface area contributed by atoms with Gasteiger partial charge in [-0.3, -0.25) is 0 Å². The first-order valence-corrected chi connectivity index (χ1v) is 10.3. The normalized spacial score (nSPS) is 17.8. The molecule has 0 radical (unpaired) electrons. The van der Waals surface area contributed by atoms with Crippen molar-refractivity contribution in [2.45, 2.75) is 25.1 Å². The zero-order chi connectivity index (χ0) is 20.3. The zero-order valence-corrected chi connectivity index (χ0v) is 17.0. The van der Waals surface area contributed by atoms with Gasteiger partial charge in [0.15, 0.2) is 0 Å². The van der Waals surface area contributed by atoms with Crippen molar-refractivity contribution in [1.29, 1.82) is 0 Å². The van der Waals surface area contributed by atoms with E-state index in [4.69, 9.17) is 16.3 Å². The maximum absolute atomic E-state index is 6.06. The number of fused-ring (bicyclic) bond motifs is 1. The second-order valence-electron chi connectivity index (χ2n) is 7.37. The molecule has 1 N–H and O–H groups in total. The Morgan fingerprint density at radius 3 is 2.43 bits per heavy atom. The molecule has 30 heavy (non-hydrogen) atoms. The number of anilines is 1. The molecule has 0 spiro atoms. The van der Waals surface area contributed by atoms with Crippen LogP contribution in [0.5, 0.6) is 5.75 Å². The molecule has 0 aliphatic carbocycles. The monoisotopic (exact) mass is 416 g/mol. The topological polar surface area (TPSA) is 52.0 Å². The average molecular weight is 417 g/mol. The standard InChI is InChI=1S/C24H21ClN4O/c25-20-10-6-18(7-11-20)22-14-23(29-24(28-22)26-16-27-29)19-8-12-21(13-9-19)30-15-17-4-2-1-3-5-17/h1-13,16,22-23H,14-15H2,(H,26,27,28)/t22-,23-/m1/s1. The molecule has 0 saturated carbocycles. The average Bonchev–Trinajstić information content (AvgIpc) is 3.27. The SMILES string of the molecule is Clc1ccc([C@H]2C[C@H](c3ccc(OCc4ccccc4)cc3)n3ncnc3N2)cc1. The molecular weight excluding hydrogens is 396 g/mol. The van der Waals surface area contributed by atoms with Crippen LogP contribution in [0, 0.1) is 0 Å². The molecule has 0 saturated heterocycles. The maximum atomic E-state index is 6.06. The smallest absolute Gasteiger partial charge is 0.222 e. The van der Waals surface area contributed by atoms with Gasteiger partial charge in [0, 0.05) is 5.02 Å². The molecular formula is C24H21ClN4O. The van der Waals surface area contributed by atoms with Gasteiger partial charge in [0.25, 0.3) is 0 Å². The van der Waals surface area contributed by atoms with Crippen molar-refractivity contribution in [1.82, 2.24) is 14.8 Å². The molecule has 1 aliphatic heterocycles. The summed E-state index contributed by atoms with van der Waals surface area (Å²) in [6.45, 7) is 0.555. The molecule has 1 aliphatic rings. The summed E-state index contributed by atoms with van der Waals surface area (Å²) in [5, 5.41) is 8.67. The van der Waals surface area contributed by atoms with E-state index in [0.717, 1.165) is 28.7 Å². The largest absolute Gasteiger partial charge is 0.489 e. The second kappa shape index (κ2) is 8.20. The molecule has 4 aromatic rings. The number of ether oxygens (including phenoxy) is 1. The first kappa shape index (κ1) is 18.7. The molecule has 2 atom stereocenters. The highest BCUT2D eigenvalue weighted by atomic mass is 35.5. The molecule has 5 nitrogen and oxygen atoms in total. The molecule has 0 bridgehead atoms. The Morgan fingerprint density at radius 1 is 0.933 bits per heavy atom. The van der Waals surface area contributed by atoms with Crippen LogP contribution in [0.3, 0.4) is 0 Å². The van der Waals surface area contributed by atoms with E-state index in [-0.39, 0.29) is 12.1 Å². The highest BCUT2D eigenvalue weighted by molar-refractivity contribution is 6.30. The van der Waals surface area contributed by atoms with Crippen LogP contribution < -0.4 is 10.1 Å². The summed E-state index contributed by atoms with van der Waals surface area (Å²) in [5.41, 5.74) is 3.51. The molecule has 0 fully saturated rings. The molecule has 6 heteroatoms. The number of halogens is 1. The Kier molecular flexibility index (Phi) is 5.11. The molecule has 0 unspecified atom stereocenters. The molecule has 150 valence electrons. The van der Waals surface area contributed by atoms with E-state index in [9.17, 15) is 0 Å². The lowest BCUT2D eigenvalue weighted by Gasteiger charge is -2.32. The quantitative estimate of drug-likeness (QED) is 0.456. The van der Waals surface area contributed by atoms with Crippen molar-refractivity contribution in [3.05, 3.63) is 107 Å².